The Bertz CT molecular complexity index is 568. The maximum Gasteiger partial charge on any atom is 0.227 e. The Morgan fingerprint density at radius 2 is 1.86 bits per heavy atom. The first-order valence-corrected chi connectivity index (χ1v) is 8.75. The Morgan fingerprint density at radius 1 is 1.10 bits per heavy atom. The number of fused-ring (bicyclic) bond motifs is 1. The zero-order valence-corrected chi connectivity index (χ0v) is 13.8. The SMILES string of the molecule is CCCCCCCCOc1nc(N)nc2sc(CC)cc12. The van der Waals surface area contributed by atoms with Crippen LogP contribution in [0, 0.1) is 0 Å². The summed E-state index contributed by atoms with van der Waals surface area (Å²) in [4.78, 5) is 10.8. The van der Waals surface area contributed by atoms with Gasteiger partial charge in [0.15, 0.2) is 0 Å². The maximum absolute atomic E-state index is 5.84. The molecule has 0 radical (unpaired) electrons. The summed E-state index contributed by atoms with van der Waals surface area (Å²) in [5, 5.41) is 0.997. The summed E-state index contributed by atoms with van der Waals surface area (Å²) in [5.74, 6) is 0.937. The number of hydrogen-bond donors (Lipinski definition) is 1. The summed E-state index contributed by atoms with van der Waals surface area (Å²) in [6.45, 7) is 5.08. The first kappa shape index (κ1) is 16.0. The number of aryl methyl sites for hydroxylation is 1. The van der Waals surface area contributed by atoms with Crippen LogP contribution in [0.2, 0.25) is 0 Å². The van der Waals surface area contributed by atoms with Crippen molar-refractivity contribution in [1.29, 1.82) is 0 Å². The molecule has 2 N–H and O–H groups in total. The molecule has 0 unspecified atom stereocenters. The number of anilines is 1. The van der Waals surface area contributed by atoms with Crippen LogP contribution in [0.3, 0.4) is 0 Å². The normalized spacial score (nSPS) is 11.1. The van der Waals surface area contributed by atoms with Gasteiger partial charge < -0.3 is 10.5 Å². The molecule has 0 saturated heterocycles. The lowest BCUT2D eigenvalue weighted by atomic mass is 10.1. The highest BCUT2D eigenvalue weighted by atomic mass is 32.1. The summed E-state index contributed by atoms with van der Waals surface area (Å²) in [6, 6.07) is 2.12. The summed E-state index contributed by atoms with van der Waals surface area (Å²) in [7, 11) is 0. The van der Waals surface area contributed by atoms with Gasteiger partial charge in [0, 0.05) is 4.88 Å². The highest BCUT2D eigenvalue weighted by Gasteiger charge is 2.11. The van der Waals surface area contributed by atoms with Crippen LogP contribution in [0.25, 0.3) is 10.2 Å². The number of nitrogen functional groups attached to an aromatic ring is 1. The Hall–Kier alpha value is -1.36. The van der Waals surface area contributed by atoms with Gasteiger partial charge in [0.25, 0.3) is 0 Å². The lowest BCUT2D eigenvalue weighted by Crippen LogP contribution is -2.02. The first-order chi connectivity index (χ1) is 10.2. The molecule has 0 fully saturated rings. The van der Waals surface area contributed by atoms with E-state index in [9.17, 15) is 0 Å². The Kier molecular flexibility index (Phi) is 6.23. The number of hydrogen-bond acceptors (Lipinski definition) is 5. The van der Waals surface area contributed by atoms with Crippen molar-refractivity contribution < 1.29 is 4.74 Å². The van der Waals surface area contributed by atoms with E-state index in [0.29, 0.717) is 18.4 Å². The molecule has 0 atom stereocenters. The minimum atomic E-state index is 0.296. The van der Waals surface area contributed by atoms with Crippen molar-refractivity contribution in [2.75, 3.05) is 12.3 Å². The monoisotopic (exact) mass is 307 g/mol. The standard InChI is InChI=1S/C16H25N3OS/c1-3-5-6-7-8-9-10-20-14-13-11-12(4-2)21-15(13)19-16(17)18-14/h11H,3-10H2,1-2H3,(H2,17,18,19). The third kappa shape index (κ3) is 4.56. The molecule has 2 aromatic rings. The Labute approximate surface area is 130 Å². The van der Waals surface area contributed by atoms with E-state index >= 15 is 0 Å². The molecule has 2 heterocycles. The van der Waals surface area contributed by atoms with Gasteiger partial charge in [0.2, 0.25) is 11.8 Å². The topological polar surface area (TPSA) is 61.0 Å². The van der Waals surface area contributed by atoms with Crippen LogP contribution in [0.4, 0.5) is 5.95 Å². The predicted octanol–water partition coefficient (Wildman–Crippen LogP) is 4.58. The van der Waals surface area contributed by atoms with Crippen LogP contribution in [0.1, 0.15) is 57.2 Å². The number of nitrogens with two attached hydrogens (primary N) is 1. The number of thiophene rings is 1. The third-order valence-corrected chi connectivity index (χ3v) is 4.68. The van der Waals surface area contributed by atoms with Gasteiger partial charge in [-0.3, -0.25) is 0 Å². The lowest BCUT2D eigenvalue weighted by Gasteiger charge is -2.06. The van der Waals surface area contributed by atoms with Gasteiger partial charge in [0.1, 0.15) is 4.83 Å². The van der Waals surface area contributed by atoms with Gasteiger partial charge in [-0.05, 0) is 18.9 Å². The Morgan fingerprint density at radius 3 is 2.62 bits per heavy atom. The molecule has 116 valence electrons. The quantitative estimate of drug-likeness (QED) is 0.689. The van der Waals surface area contributed by atoms with Crippen molar-refractivity contribution in [1.82, 2.24) is 9.97 Å². The molecule has 0 aliphatic rings. The fraction of sp³-hybridized carbons (Fsp3) is 0.625. The van der Waals surface area contributed by atoms with E-state index in [-0.39, 0.29) is 0 Å². The fourth-order valence-corrected chi connectivity index (χ4v) is 3.26. The van der Waals surface area contributed by atoms with E-state index in [0.717, 1.165) is 23.1 Å². The van der Waals surface area contributed by atoms with Crippen LogP contribution in [-0.2, 0) is 6.42 Å². The van der Waals surface area contributed by atoms with E-state index in [2.05, 4.69) is 29.9 Å². The Balaban J connectivity index is 1.90. The van der Waals surface area contributed by atoms with Crippen molar-refractivity contribution in [2.24, 2.45) is 0 Å². The van der Waals surface area contributed by atoms with Gasteiger partial charge >= 0.3 is 0 Å². The van der Waals surface area contributed by atoms with Gasteiger partial charge in [-0.25, -0.2) is 4.98 Å². The molecule has 2 aromatic heterocycles. The number of rotatable bonds is 9. The second kappa shape index (κ2) is 8.17. The van der Waals surface area contributed by atoms with Crippen LogP contribution >= 0.6 is 11.3 Å². The molecular formula is C16H25N3OS. The van der Waals surface area contributed by atoms with Crippen LogP contribution in [0.15, 0.2) is 6.07 Å². The zero-order chi connectivity index (χ0) is 15.1. The minimum absolute atomic E-state index is 0.296. The molecule has 0 aromatic carbocycles. The van der Waals surface area contributed by atoms with Crippen molar-refractivity contribution >= 4 is 27.5 Å². The predicted molar refractivity (Wildman–Crippen MR) is 90.1 cm³/mol. The zero-order valence-electron chi connectivity index (χ0n) is 13.0. The van der Waals surface area contributed by atoms with Crippen LogP contribution in [-0.4, -0.2) is 16.6 Å². The highest BCUT2D eigenvalue weighted by Crippen LogP contribution is 2.31. The molecule has 0 saturated carbocycles. The fourth-order valence-electron chi connectivity index (χ4n) is 2.30. The molecule has 5 heteroatoms. The van der Waals surface area contributed by atoms with Crippen LogP contribution < -0.4 is 10.5 Å². The molecule has 0 spiro atoms. The van der Waals surface area contributed by atoms with Crippen molar-refractivity contribution in [3.63, 3.8) is 0 Å². The number of nitrogens with zero attached hydrogens (tertiary/aromatic N) is 2. The molecule has 4 nitrogen and oxygen atoms in total. The summed E-state index contributed by atoms with van der Waals surface area (Å²) in [5.41, 5.74) is 5.77. The minimum Gasteiger partial charge on any atom is -0.477 e. The second-order valence-corrected chi connectivity index (χ2v) is 6.40. The van der Waals surface area contributed by atoms with E-state index in [1.165, 1.54) is 37.0 Å². The molecule has 0 aliphatic heterocycles. The van der Waals surface area contributed by atoms with Gasteiger partial charge in [-0.1, -0.05) is 46.0 Å². The number of ether oxygens (including phenoxy) is 1. The third-order valence-electron chi connectivity index (χ3n) is 3.51. The largest absolute Gasteiger partial charge is 0.477 e. The molecule has 0 aliphatic carbocycles. The van der Waals surface area contributed by atoms with Crippen molar-refractivity contribution in [3.8, 4) is 5.88 Å². The number of unbranched alkanes of at least 4 members (excludes halogenated alkanes) is 5. The second-order valence-electron chi connectivity index (χ2n) is 5.29. The smallest absolute Gasteiger partial charge is 0.227 e. The van der Waals surface area contributed by atoms with E-state index in [4.69, 9.17) is 10.5 Å². The lowest BCUT2D eigenvalue weighted by molar-refractivity contribution is 0.297. The summed E-state index contributed by atoms with van der Waals surface area (Å²) < 4.78 is 5.84. The molecule has 0 bridgehead atoms. The van der Waals surface area contributed by atoms with Gasteiger partial charge in [0.05, 0.1) is 12.0 Å². The molecular weight excluding hydrogens is 282 g/mol. The molecule has 2 rings (SSSR count). The maximum atomic E-state index is 5.84. The molecule has 21 heavy (non-hydrogen) atoms. The van der Waals surface area contributed by atoms with Crippen LogP contribution in [0.5, 0.6) is 5.88 Å². The average molecular weight is 307 g/mol. The van der Waals surface area contributed by atoms with Gasteiger partial charge in [-0.15, -0.1) is 11.3 Å². The number of aromatic nitrogens is 2. The van der Waals surface area contributed by atoms with Crippen molar-refractivity contribution in [2.45, 2.75) is 58.8 Å². The van der Waals surface area contributed by atoms with E-state index < -0.39 is 0 Å². The van der Waals surface area contributed by atoms with E-state index in [1.54, 1.807) is 11.3 Å². The van der Waals surface area contributed by atoms with Gasteiger partial charge in [-0.2, -0.15) is 4.98 Å². The summed E-state index contributed by atoms with van der Waals surface area (Å²) in [6.07, 6.45) is 8.51. The summed E-state index contributed by atoms with van der Waals surface area (Å²) >= 11 is 1.67. The average Bonchev–Trinajstić information content (AvgIpc) is 2.89. The van der Waals surface area contributed by atoms with Crippen molar-refractivity contribution in [3.05, 3.63) is 10.9 Å². The first-order valence-electron chi connectivity index (χ1n) is 7.93. The van der Waals surface area contributed by atoms with E-state index in [1.807, 2.05) is 0 Å². The highest BCUT2D eigenvalue weighted by molar-refractivity contribution is 7.18. The molecule has 0 amide bonds.